The molecular weight excluding hydrogens is 458 g/mol. The topological polar surface area (TPSA) is 115 Å². The van der Waals surface area contributed by atoms with Gasteiger partial charge in [0.2, 0.25) is 5.89 Å². The summed E-state index contributed by atoms with van der Waals surface area (Å²) in [5.41, 5.74) is 3.85. The van der Waals surface area contributed by atoms with Gasteiger partial charge in [-0.05, 0) is 60.9 Å². The van der Waals surface area contributed by atoms with Crippen LogP contribution in [0.3, 0.4) is 0 Å². The lowest BCUT2D eigenvalue weighted by atomic mass is 10.0. The Morgan fingerprint density at radius 2 is 1.86 bits per heavy atom. The van der Waals surface area contributed by atoms with Crippen LogP contribution in [0.4, 0.5) is 0 Å². The van der Waals surface area contributed by atoms with Crippen molar-refractivity contribution in [2.24, 2.45) is 0 Å². The van der Waals surface area contributed by atoms with Crippen LogP contribution in [0.15, 0.2) is 77.5 Å². The van der Waals surface area contributed by atoms with Gasteiger partial charge in [-0.25, -0.2) is 4.98 Å². The number of hydrogen-bond acceptors (Lipinski definition) is 6. The van der Waals surface area contributed by atoms with Crippen molar-refractivity contribution in [1.82, 2.24) is 15.3 Å². The van der Waals surface area contributed by atoms with Gasteiger partial charge < -0.3 is 19.6 Å². The maximum absolute atomic E-state index is 12.5. The average molecular weight is 486 g/mol. The number of amides is 1. The fourth-order valence-electron chi connectivity index (χ4n) is 3.75. The van der Waals surface area contributed by atoms with E-state index >= 15 is 0 Å². The summed E-state index contributed by atoms with van der Waals surface area (Å²) in [5.74, 6) is 0.829. The zero-order valence-electron chi connectivity index (χ0n) is 19.9. The molecule has 0 aliphatic carbocycles. The second-order valence-corrected chi connectivity index (χ2v) is 8.24. The SMILES string of the molecule is Cc1oc(-c2ccccc2)nc1CCOc1ccc(CCC(=O)O)c(CNC(=O)c2cccnc2)c1. The summed E-state index contributed by atoms with van der Waals surface area (Å²) in [7, 11) is 0. The molecule has 2 N–H and O–H groups in total. The van der Waals surface area contributed by atoms with E-state index in [-0.39, 0.29) is 18.9 Å². The first-order valence-electron chi connectivity index (χ1n) is 11.7. The summed E-state index contributed by atoms with van der Waals surface area (Å²) < 4.78 is 11.8. The Kier molecular flexibility index (Phi) is 8.08. The van der Waals surface area contributed by atoms with Crippen LogP contribution in [0.25, 0.3) is 11.5 Å². The number of benzene rings is 2. The molecule has 8 nitrogen and oxygen atoms in total. The first kappa shape index (κ1) is 24.7. The van der Waals surface area contributed by atoms with E-state index in [2.05, 4.69) is 15.3 Å². The van der Waals surface area contributed by atoms with E-state index in [1.165, 1.54) is 6.20 Å². The number of pyridine rings is 1. The number of carboxylic acid groups (broad SMARTS) is 1. The smallest absolute Gasteiger partial charge is 0.303 e. The van der Waals surface area contributed by atoms with E-state index in [0.29, 0.717) is 36.7 Å². The minimum atomic E-state index is -0.876. The summed E-state index contributed by atoms with van der Waals surface area (Å²) in [6, 6.07) is 18.6. The van der Waals surface area contributed by atoms with Crippen molar-refractivity contribution >= 4 is 11.9 Å². The second-order valence-electron chi connectivity index (χ2n) is 8.24. The zero-order chi connectivity index (χ0) is 25.3. The zero-order valence-corrected chi connectivity index (χ0v) is 19.9. The van der Waals surface area contributed by atoms with Gasteiger partial charge in [0.15, 0.2) is 0 Å². The van der Waals surface area contributed by atoms with Gasteiger partial charge in [0.25, 0.3) is 5.91 Å². The van der Waals surface area contributed by atoms with E-state index in [9.17, 15) is 9.59 Å². The molecule has 0 radical (unpaired) electrons. The number of rotatable bonds is 11. The van der Waals surface area contributed by atoms with Crippen LogP contribution in [-0.2, 0) is 24.2 Å². The Morgan fingerprint density at radius 1 is 1.03 bits per heavy atom. The lowest BCUT2D eigenvalue weighted by Crippen LogP contribution is -2.23. The average Bonchev–Trinajstić information content (AvgIpc) is 3.27. The molecule has 8 heteroatoms. The lowest BCUT2D eigenvalue weighted by molar-refractivity contribution is -0.136. The van der Waals surface area contributed by atoms with E-state index in [4.69, 9.17) is 14.3 Å². The van der Waals surface area contributed by atoms with Crippen LogP contribution in [0.2, 0.25) is 0 Å². The molecule has 0 atom stereocenters. The molecule has 0 fully saturated rings. The monoisotopic (exact) mass is 485 g/mol. The number of ether oxygens (including phenoxy) is 1. The fourth-order valence-corrected chi connectivity index (χ4v) is 3.75. The molecule has 0 aliphatic heterocycles. The third kappa shape index (κ3) is 6.56. The standard InChI is InChI=1S/C28H27N3O5/c1-19-25(31-28(36-19)21-6-3-2-4-7-21)13-15-35-24-11-9-20(10-12-26(32)33)23(16-24)18-30-27(34)22-8-5-14-29-17-22/h2-9,11,14,16-17H,10,12-13,15,18H2,1H3,(H,30,34)(H,32,33). The molecule has 0 saturated carbocycles. The van der Waals surface area contributed by atoms with Gasteiger partial charge in [0.05, 0.1) is 17.9 Å². The van der Waals surface area contributed by atoms with Crippen molar-refractivity contribution in [3.8, 4) is 17.2 Å². The van der Waals surface area contributed by atoms with E-state index in [1.54, 1.807) is 18.3 Å². The molecule has 0 aliphatic rings. The van der Waals surface area contributed by atoms with Crippen molar-refractivity contribution in [3.63, 3.8) is 0 Å². The largest absolute Gasteiger partial charge is 0.493 e. The molecule has 4 aromatic rings. The lowest BCUT2D eigenvalue weighted by Gasteiger charge is -2.13. The number of aryl methyl sites for hydroxylation is 2. The highest BCUT2D eigenvalue weighted by molar-refractivity contribution is 5.93. The predicted octanol–water partition coefficient (Wildman–Crippen LogP) is 4.61. The van der Waals surface area contributed by atoms with Crippen molar-refractivity contribution in [3.05, 3.63) is 101 Å². The first-order chi connectivity index (χ1) is 17.5. The van der Waals surface area contributed by atoms with Crippen LogP contribution in [0.1, 0.15) is 39.4 Å². The Balaban J connectivity index is 1.41. The van der Waals surface area contributed by atoms with Gasteiger partial charge in [-0.1, -0.05) is 24.3 Å². The van der Waals surface area contributed by atoms with Gasteiger partial charge in [0, 0.05) is 37.3 Å². The van der Waals surface area contributed by atoms with Gasteiger partial charge >= 0.3 is 5.97 Å². The minimum absolute atomic E-state index is 0.00105. The summed E-state index contributed by atoms with van der Waals surface area (Å²) in [6.45, 7) is 2.51. The molecule has 2 aromatic heterocycles. The van der Waals surface area contributed by atoms with Crippen LogP contribution in [0.5, 0.6) is 5.75 Å². The number of carbonyl (C=O) groups is 2. The first-order valence-corrected chi connectivity index (χ1v) is 11.7. The minimum Gasteiger partial charge on any atom is -0.493 e. The van der Waals surface area contributed by atoms with Gasteiger partial charge in [-0.3, -0.25) is 14.6 Å². The van der Waals surface area contributed by atoms with Crippen LogP contribution in [0, 0.1) is 6.92 Å². The van der Waals surface area contributed by atoms with Gasteiger partial charge in [-0.2, -0.15) is 0 Å². The molecular formula is C28H27N3O5. The number of carboxylic acids is 1. The maximum atomic E-state index is 12.5. The summed E-state index contributed by atoms with van der Waals surface area (Å²) in [4.78, 5) is 32.1. The van der Waals surface area contributed by atoms with Gasteiger partial charge in [-0.15, -0.1) is 0 Å². The number of nitrogens with one attached hydrogen (secondary N) is 1. The van der Waals surface area contributed by atoms with Crippen molar-refractivity contribution in [2.45, 2.75) is 32.7 Å². The number of aromatic nitrogens is 2. The van der Waals surface area contributed by atoms with Crippen LogP contribution < -0.4 is 10.1 Å². The molecule has 184 valence electrons. The fraction of sp³-hybridized carbons (Fsp3) is 0.214. The molecule has 2 aromatic carbocycles. The summed E-state index contributed by atoms with van der Waals surface area (Å²) in [5, 5.41) is 12.0. The molecule has 0 saturated heterocycles. The third-order valence-electron chi connectivity index (χ3n) is 5.67. The molecule has 2 heterocycles. The highest BCUT2D eigenvalue weighted by Crippen LogP contribution is 2.23. The Labute approximate surface area is 209 Å². The van der Waals surface area contributed by atoms with Crippen molar-refractivity contribution in [2.75, 3.05) is 6.61 Å². The summed E-state index contributed by atoms with van der Waals surface area (Å²) in [6.07, 6.45) is 4.02. The maximum Gasteiger partial charge on any atom is 0.303 e. The number of carbonyl (C=O) groups excluding carboxylic acids is 1. The van der Waals surface area contributed by atoms with E-state index in [0.717, 1.165) is 28.1 Å². The predicted molar refractivity (Wildman–Crippen MR) is 134 cm³/mol. The molecule has 36 heavy (non-hydrogen) atoms. The summed E-state index contributed by atoms with van der Waals surface area (Å²) >= 11 is 0. The number of hydrogen-bond donors (Lipinski definition) is 2. The number of aliphatic carboxylic acids is 1. The Bertz CT molecular complexity index is 1320. The number of nitrogens with zero attached hydrogens (tertiary/aromatic N) is 2. The normalized spacial score (nSPS) is 10.7. The van der Waals surface area contributed by atoms with Crippen LogP contribution >= 0.6 is 0 Å². The van der Waals surface area contributed by atoms with Gasteiger partial charge in [0.1, 0.15) is 11.5 Å². The quantitative estimate of drug-likeness (QED) is 0.319. The highest BCUT2D eigenvalue weighted by atomic mass is 16.5. The number of oxazole rings is 1. The third-order valence-corrected chi connectivity index (χ3v) is 5.67. The molecule has 0 unspecified atom stereocenters. The molecule has 0 spiro atoms. The second kappa shape index (κ2) is 11.8. The molecule has 1 amide bonds. The molecule has 0 bridgehead atoms. The Hall–Kier alpha value is -4.46. The highest BCUT2D eigenvalue weighted by Gasteiger charge is 2.13. The van der Waals surface area contributed by atoms with Crippen molar-refractivity contribution < 1.29 is 23.8 Å². The van der Waals surface area contributed by atoms with Crippen molar-refractivity contribution in [1.29, 1.82) is 0 Å². The molecule has 4 rings (SSSR count). The Morgan fingerprint density at radius 3 is 2.61 bits per heavy atom. The van der Waals surface area contributed by atoms with Crippen LogP contribution in [-0.4, -0.2) is 33.6 Å². The van der Waals surface area contributed by atoms with E-state index in [1.807, 2.05) is 55.5 Å². The van der Waals surface area contributed by atoms with E-state index < -0.39 is 5.97 Å².